The normalized spacial score (nSPS) is 10.5. The lowest BCUT2D eigenvalue weighted by atomic mass is 10.1. The molecule has 0 aromatic heterocycles. The molecule has 0 aliphatic heterocycles. The van der Waals surface area contributed by atoms with Crippen molar-refractivity contribution in [3.63, 3.8) is 0 Å². The van der Waals surface area contributed by atoms with Crippen LogP contribution in [0, 0.1) is 5.82 Å². The Kier molecular flexibility index (Phi) is 5.14. The van der Waals surface area contributed by atoms with Crippen molar-refractivity contribution in [2.45, 2.75) is 0 Å². The first-order chi connectivity index (χ1) is 9.79. The molecule has 1 amide bonds. The van der Waals surface area contributed by atoms with Crippen LogP contribution in [0.4, 0.5) is 15.8 Å². The summed E-state index contributed by atoms with van der Waals surface area (Å²) in [7, 11) is 0. The molecule has 0 saturated heterocycles. The molecule has 0 heterocycles. The van der Waals surface area contributed by atoms with Gasteiger partial charge >= 0.3 is 0 Å². The third kappa shape index (κ3) is 3.69. The Morgan fingerprint density at radius 3 is 2.29 bits per heavy atom. The van der Waals surface area contributed by atoms with Gasteiger partial charge in [-0.3, -0.25) is 4.79 Å². The topological polar surface area (TPSA) is 55.1 Å². The largest absolute Gasteiger partial charge is 0.396 e. The second kappa shape index (κ2) is 6.52. The monoisotopic (exact) mass is 454 g/mol. The number of nitrogens with two attached hydrogens (primary N) is 1. The highest BCUT2D eigenvalue weighted by molar-refractivity contribution is 9.10. The first-order valence-corrected chi connectivity index (χ1v) is 7.84. The third-order valence-corrected chi connectivity index (χ3v) is 4.29. The molecule has 8 heteroatoms. The number of nitrogen functional groups attached to an aromatic ring is 1. The van der Waals surface area contributed by atoms with Gasteiger partial charge in [0.05, 0.1) is 27.0 Å². The van der Waals surface area contributed by atoms with E-state index in [1.165, 1.54) is 6.07 Å². The van der Waals surface area contributed by atoms with Crippen LogP contribution in [0.15, 0.2) is 33.2 Å². The van der Waals surface area contributed by atoms with Crippen molar-refractivity contribution in [2.75, 3.05) is 11.1 Å². The van der Waals surface area contributed by atoms with E-state index in [-0.39, 0.29) is 31.5 Å². The molecule has 3 nitrogen and oxygen atoms in total. The van der Waals surface area contributed by atoms with E-state index in [1.54, 1.807) is 12.1 Å². The predicted molar refractivity (Wildman–Crippen MR) is 90.6 cm³/mol. The molecule has 0 saturated carbocycles. The van der Waals surface area contributed by atoms with Gasteiger partial charge in [0.2, 0.25) is 0 Å². The van der Waals surface area contributed by atoms with Gasteiger partial charge in [0.1, 0.15) is 5.82 Å². The van der Waals surface area contributed by atoms with Gasteiger partial charge in [-0.05, 0) is 40.2 Å². The number of halogens is 5. The molecule has 2 aromatic carbocycles. The first-order valence-electron chi connectivity index (χ1n) is 5.50. The van der Waals surface area contributed by atoms with Crippen LogP contribution in [-0.4, -0.2) is 5.91 Å². The number of carbonyl (C=O) groups excluding carboxylic acids is 1. The van der Waals surface area contributed by atoms with E-state index in [0.29, 0.717) is 4.47 Å². The summed E-state index contributed by atoms with van der Waals surface area (Å²) in [5.41, 5.74) is 5.77. The standard InChI is InChI=1S/C13H7Br2Cl2FN2O/c14-5-1-8(16)12(9(17)2-5)20-13(21)6-3-11(19)10(18)4-7(6)15/h1-4H,19H2,(H,20,21). The Hall–Kier alpha value is -0.820. The molecule has 0 radical (unpaired) electrons. The Morgan fingerprint density at radius 2 is 1.71 bits per heavy atom. The summed E-state index contributed by atoms with van der Waals surface area (Å²) in [6.07, 6.45) is 0. The summed E-state index contributed by atoms with van der Waals surface area (Å²) in [5, 5.41) is 3.12. The van der Waals surface area contributed by atoms with E-state index in [0.717, 1.165) is 6.07 Å². The third-order valence-electron chi connectivity index (χ3n) is 2.58. The van der Waals surface area contributed by atoms with Crippen LogP contribution in [0.1, 0.15) is 10.4 Å². The highest BCUT2D eigenvalue weighted by Crippen LogP contribution is 2.34. The van der Waals surface area contributed by atoms with Gasteiger partial charge in [-0.1, -0.05) is 39.1 Å². The molecule has 0 aliphatic rings. The molecule has 0 fully saturated rings. The van der Waals surface area contributed by atoms with E-state index < -0.39 is 11.7 Å². The summed E-state index contributed by atoms with van der Waals surface area (Å²) in [6, 6.07) is 5.54. The van der Waals surface area contributed by atoms with Gasteiger partial charge in [-0.2, -0.15) is 0 Å². The zero-order valence-corrected chi connectivity index (χ0v) is 14.9. The number of hydrogen-bond donors (Lipinski definition) is 2. The van der Waals surface area contributed by atoms with Crippen LogP contribution < -0.4 is 11.1 Å². The Labute approximate surface area is 146 Å². The first kappa shape index (κ1) is 16.5. The number of anilines is 2. The van der Waals surface area contributed by atoms with Crippen molar-refractivity contribution in [1.29, 1.82) is 0 Å². The maximum absolute atomic E-state index is 13.3. The SMILES string of the molecule is Nc1cc(C(=O)Nc2c(Cl)cc(Br)cc2Cl)c(Br)cc1F. The van der Waals surface area contributed by atoms with Crippen molar-refractivity contribution in [1.82, 2.24) is 0 Å². The zero-order chi connectivity index (χ0) is 15.7. The molecule has 2 aromatic rings. The van der Waals surface area contributed by atoms with Crippen molar-refractivity contribution in [3.05, 3.63) is 54.6 Å². The number of carbonyl (C=O) groups is 1. The molecular formula is C13H7Br2Cl2FN2O. The molecule has 0 unspecified atom stereocenters. The number of amides is 1. The molecule has 110 valence electrons. The van der Waals surface area contributed by atoms with E-state index in [2.05, 4.69) is 37.2 Å². The summed E-state index contributed by atoms with van der Waals surface area (Å²) in [4.78, 5) is 12.2. The number of hydrogen-bond acceptors (Lipinski definition) is 2. The van der Waals surface area contributed by atoms with E-state index in [1.807, 2.05) is 0 Å². The minimum absolute atomic E-state index is 0.128. The van der Waals surface area contributed by atoms with Crippen LogP contribution >= 0.6 is 55.1 Å². The molecule has 0 aliphatic carbocycles. The van der Waals surface area contributed by atoms with Gasteiger partial charge in [0, 0.05) is 8.95 Å². The van der Waals surface area contributed by atoms with Crippen molar-refractivity contribution in [3.8, 4) is 0 Å². The lowest BCUT2D eigenvalue weighted by Gasteiger charge is -2.11. The second-order valence-electron chi connectivity index (χ2n) is 4.05. The van der Waals surface area contributed by atoms with Crippen LogP contribution in [0.2, 0.25) is 10.0 Å². The number of nitrogens with one attached hydrogen (secondary N) is 1. The maximum Gasteiger partial charge on any atom is 0.256 e. The summed E-state index contributed by atoms with van der Waals surface area (Å²) >= 11 is 18.4. The van der Waals surface area contributed by atoms with Crippen LogP contribution in [0.25, 0.3) is 0 Å². The van der Waals surface area contributed by atoms with Crippen molar-refractivity contribution >= 4 is 72.3 Å². The van der Waals surface area contributed by atoms with Gasteiger partial charge in [0.25, 0.3) is 5.91 Å². The molecular weight excluding hydrogens is 450 g/mol. The zero-order valence-electron chi connectivity index (χ0n) is 10.2. The van der Waals surface area contributed by atoms with Crippen molar-refractivity contribution < 1.29 is 9.18 Å². The van der Waals surface area contributed by atoms with Gasteiger partial charge < -0.3 is 11.1 Å². The fourth-order valence-electron chi connectivity index (χ4n) is 1.58. The minimum atomic E-state index is -0.613. The maximum atomic E-state index is 13.3. The second-order valence-corrected chi connectivity index (χ2v) is 6.64. The average Bonchev–Trinajstić information content (AvgIpc) is 2.37. The van der Waals surface area contributed by atoms with Gasteiger partial charge in [-0.25, -0.2) is 4.39 Å². The fraction of sp³-hybridized carbons (Fsp3) is 0. The number of benzene rings is 2. The van der Waals surface area contributed by atoms with E-state index in [4.69, 9.17) is 28.9 Å². The van der Waals surface area contributed by atoms with Gasteiger partial charge in [0.15, 0.2) is 0 Å². The lowest BCUT2D eigenvalue weighted by Crippen LogP contribution is -2.14. The Bertz CT molecular complexity index is 717. The van der Waals surface area contributed by atoms with Crippen LogP contribution in [-0.2, 0) is 0 Å². The molecule has 3 N–H and O–H groups in total. The fourth-order valence-corrected chi connectivity index (χ4v) is 3.38. The van der Waals surface area contributed by atoms with E-state index in [9.17, 15) is 9.18 Å². The van der Waals surface area contributed by atoms with E-state index >= 15 is 0 Å². The minimum Gasteiger partial charge on any atom is -0.396 e. The van der Waals surface area contributed by atoms with Gasteiger partial charge in [-0.15, -0.1) is 0 Å². The summed E-state index contributed by atoms with van der Waals surface area (Å²) in [5.74, 6) is -1.13. The lowest BCUT2D eigenvalue weighted by molar-refractivity contribution is 0.102. The highest BCUT2D eigenvalue weighted by Gasteiger charge is 2.16. The molecule has 2 rings (SSSR count). The predicted octanol–water partition coefficient (Wildman–Crippen LogP) is 5.49. The Morgan fingerprint density at radius 1 is 1.14 bits per heavy atom. The molecule has 21 heavy (non-hydrogen) atoms. The molecule has 0 spiro atoms. The van der Waals surface area contributed by atoms with Crippen LogP contribution in [0.5, 0.6) is 0 Å². The highest BCUT2D eigenvalue weighted by atomic mass is 79.9. The van der Waals surface area contributed by atoms with Crippen molar-refractivity contribution in [2.24, 2.45) is 0 Å². The van der Waals surface area contributed by atoms with Crippen LogP contribution in [0.3, 0.4) is 0 Å². The summed E-state index contributed by atoms with van der Waals surface area (Å²) < 4.78 is 14.2. The average molecular weight is 457 g/mol. The smallest absolute Gasteiger partial charge is 0.256 e. The number of rotatable bonds is 2. The molecule has 0 atom stereocenters. The Balaban J connectivity index is 2.37. The molecule has 0 bridgehead atoms. The summed E-state index contributed by atoms with van der Waals surface area (Å²) in [6.45, 7) is 0. The quantitative estimate of drug-likeness (QED) is 0.587.